The van der Waals surface area contributed by atoms with E-state index >= 15 is 0 Å². The SMILES string of the molecule is COc1ccc(S(=O)(=O)NCCC(=O)NCc2ccccc2Cl)cc1. The second kappa shape index (κ2) is 8.84. The zero-order valence-corrected chi connectivity index (χ0v) is 15.2. The lowest BCUT2D eigenvalue weighted by molar-refractivity contribution is -0.121. The van der Waals surface area contributed by atoms with Gasteiger partial charge in [0.15, 0.2) is 0 Å². The molecule has 0 saturated carbocycles. The maximum atomic E-state index is 12.1. The van der Waals surface area contributed by atoms with Crippen LogP contribution in [0.1, 0.15) is 12.0 Å². The van der Waals surface area contributed by atoms with Gasteiger partial charge in [-0.05, 0) is 35.9 Å². The van der Waals surface area contributed by atoms with Crippen molar-refractivity contribution in [3.05, 3.63) is 59.1 Å². The predicted octanol–water partition coefficient (Wildman–Crippen LogP) is 2.33. The van der Waals surface area contributed by atoms with Crippen molar-refractivity contribution < 1.29 is 17.9 Å². The Labute approximate surface area is 152 Å². The number of carbonyl (C=O) groups is 1. The number of benzene rings is 2. The number of sulfonamides is 1. The van der Waals surface area contributed by atoms with Crippen LogP contribution in [0.25, 0.3) is 0 Å². The number of rotatable bonds is 8. The fourth-order valence-corrected chi connectivity index (χ4v) is 3.30. The monoisotopic (exact) mass is 382 g/mol. The van der Waals surface area contributed by atoms with E-state index in [1.54, 1.807) is 18.2 Å². The highest BCUT2D eigenvalue weighted by atomic mass is 35.5. The van der Waals surface area contributed by atoms with Crippen molar-refractivity contribution in [2.24, 2.45) is 0 Å². The van der Waals surface area contributed by atoms with Crippen LogP contribution in [-0.2, 0) is 21.4 Å². The van der Waals surface area contributed by atoms with Crippen LogP contribution < -0.4 is 14.8 Å². The first kappa shape index (κ1) is 19.2. The van der Waals surface area contributed by atoms with Gasteiger partial charge in [0.25, 0.3) is 0 Å². The van der Waals surface area contributed by atoms with Gasteiger partial charge in [0.2, 0.25) is 15.9 Å². The van der Waals surface area contributed by atoms with Crippen molar-refractivity contribution >= 4 is 27.5 Å². The van der Waals surface area contributed by atoms with E-state index in [4.69, 9.17) is 16.3 Å². The Morgan fingerprint density at radius 2 is 1.80 bits per heavy atom. The zero-order valence-electron chi connectivity index (χ0n) is 13.7. The van der Waals surface area contributed by atoms with Crippen molar-refractivity contribution in [2.45, 2.75) is 17.9 Å². The highest BCUT2D eigenvalue weighted by Crippen LogP contribution is 2.15. The van der Waals surface area contributed by atoms with Crippen molar-refractivity contribution in [2.75, 3.05) is 13.7 Å². The van der Waals surface area contributed by atoms with Crippen LogP contribution in [-0.4, -0.2) is 28.0 Å². The number of methoxy groups -OCH3 is 1. The topological polar surface area (TPSA) is 84.5 Å². The third-order valence-corrected chi connectivity index (χ3v) is 5.29. The van der Waals surface area contributed by atoms with Crippen molar-refractivity contribution in [3.63, 3.8) is 0 Å². The molecule has 2 rings (SSSR count). The van der Waals surface area contributed by atoms with Gasteiger partial charge < -0.3 is 10.1 Å². The van der Waals surface area contributed by atoms with Crippen LogP contribution in [0, 0.1) is 0 Å². The molecule has 1 amide bonds. The normalized spacial score (nSPS) is 11.1. The van der Waals surface area contributed by atoms with Crippen LogP contribution in [0.5, 0.6) is 5.75 Å². The number of carbonyl (C=O) groups excluding carboxylic acids is 1. The van der Waals surface area contributed by atoms with Crippen molar-refractivity contribution in [1.29, 1.82) is 0 Å². The Bertz CT molecular complexity index is 823. The van der Waals surface area contributed by atoms with Gasteiger partial charge in [-0.2, -0.15) is 0 Å². The molecule has 0 atom stereocenters. The first-order chi connectivity index (χ1) is 11.9. The molecule has 2 aromatic rings. The highest BCUT2D eigenvalue weighted by molar-refractivity contribution is 7.89. The van der Waals surface area contributed by atoms with E-state index in [-0.39, 0.29) is 23.8 Å². The van der Waals surface area contributed by atoms with Gasteiger partial charge in [-0.25, -0.2) is 13.1 Å². The van der Waals surface area contributed by atoms with E-state index in [1.165, 1.54) is 19.2 Å². The first-order valence-electron chi connectivity index (χ1n) is 7.56. The van der Waals surface area contributed by atoms with E-state index in [9.17, 15) is 13.2 Å². The molecule has 0 saturated heterocycles. The lowest BCUT2D eigenvalue weighted by Crippen LogP contribution is -2.30. The van der Waals surface area contributed by atoms with Crippen molar-refractivity contribution in [1.82, 2.24) is 10.0 Å². The van der Waals surface area contributed by atoms with Gasteiger partial charge in [0.05, 0.1) is 12.0 Å². The molecule has 0 aromatic heterocycles. The molecule has 0 unspecified atom stereocenters. The summed E-state index contributed by atoms with van der Waals surface area (Å²) in [7, 11) is -2.16. The molecule has 0 aliphatic heterocycles. The lowest BCUT2D eigenvalue weighted by Gasteiger charge is -2.09. The fraction of sp³-hybridized carbons (Fsp3) is 0.235. The molecular weight excluding hydrogens is 364 g/mol. The van der Waals surface area contributed by atoms with Gasteiger partial charge in [0.1, 0.15) is 5.75 Å². The van der Waals surface area contributed by atoms with Crippen molar-refractivity contribution in [3.8, 4) is 5.75 Å². The third kappa shape index (κ3) is 5.74. The molecule has 0 spiro atoms. The van der Waals surface area contributed by atoms with Crippen LogP contribution >= 0.6 is 11.6 Å². The van der Waals surface area contributed by atoms with Gasteiger partial charge in [-0.15, -0.1) is 0 Å². The van der Waals surface area contributed by atoms with Gasteiger partial charge in [-0.3, -0.25) is 4.79 Å². The van der Waals surface area contributed by atoms with Crippen LogP contribution in [0.3, 0.4) is 0 Å². The Balaban J connectivity index is 1.80. The number of amides is 1. The number of ether oxygens (including phenoxy) is 1. The molecule has 6 nitrogen and oxygen atoms in total. The average Bonchev–Trinajstić information content (AvgIpc) is 2.61. The fourth-order valence-electron chi connectivity index (χ4n) is 2.06. The Kier molecular flexibility index (Phi) is 6.81. The smallest absolute Gasteiger partial charge is 0.240 e. The molecule has 0 fully saturated rings. The summed E-state index contributed by atoms with van der Waals surface area (Å²) in [4.78, 5) is 11.9. The number of nitrogens with one attached hydrogen (secondary N) is 2. The minimum Gasteiger partial charge on any atom is -0.497 e. The summed E-state index contributed by atoms with van der Waals surface area (Å²) >= 11 is 6.01. The second-order valence-corrected chi connectivity index (χ2v) is 7.37. The van der Waals surface area contributed by atoms with Gasteiger partial charge in [-0.1, -0.05) is 29.8 Å². The maximum Gasteiger partial charge on any atom is 0.240 e. The maximum absolute atomic E-state index is 12.1. The molecule has 0 heterocycles. The highest BCUT2D eigenvalue weighted by Gasteiger charge is 2.14. The number of halogens is 1. The van der Waals surface area contributed by atoms with E-state index in [1.807, 2.05) is 18.2 Å². The minimum absolute atomic E-state index is 0.00270. The summed E-state index contributed by atoms with van der Waals surface area (Å²) in [6, 6.07) is 13.2. The van der Waals surface area contributed by atoms with E-state index in [0.29, 0.717) is 17.3 Å². The summed E-state index contributed by atoms with van der Waals surface area (Å²) in [5.74, 6) is 0.301. The minimum atomic E-state index is -3.66. The van der Waals surface area contributed by atoms with Crippen LogP contribution in [0.4, 0.5) is 0 Å². The number of hydrogen-bond donors (Lipinski definition) is 2. The van der Waals surface area contributed by atoms with E-state index < -0.39 is 10.0 Å². The Hall–Kier alpha value is -2.09. The molecule has 2 aromatic carbocycles. The molecule has 134 valence electrons. The summed E-state index contributed by atoms with van der Waals surface area (Å²) in [6.45, 7) is 0.298. The molecular formula is C17H19ClN2O4S. The lowest BCUT2D eigenvalue weighted by atomic mass is 10.2. The summed E-state index contributed by atoms with van der Waals surface area (Å²) in [6.07, 6.45) is 0.0276. The first-order valence-corrected chi connectivity index (χ1v) is 9.42. The van der Waals surface area contributed by atoms with Crippen LogP contribution in [0.2, 0.25) is 5.02 Å². The molecule has 2 N–H and O–H groups in total. The van der Waals surface area contributed by atoms with Gasteiger partial charge >= 0.3 is 0 Å². The Morgan fingerprint density at radius 1 is 1.12 bits per heavy atom. The molecule has 25 heavy (non-hydrogen) atoms. The largest absolute Gasteiger partial charge is 0.497 e. The molecule has 8 heteroatoms. The second-order valence-electron chi connectivity index (χ2n) is 5.19. The quantitative estimate of drug-likeness (QED) is 0.733. The summed E-state index contributed by atoms with van der Waals surface area (Å²) in [5.41, 5.74) is 0.802. The molecule has 0 aliphatic rings. The molecule has 0 aliphatic carbocycles. The summed E-state index contributed by atoms with van der Waals surface area (Å²) < 4.78 is 31.7. The molecule has 0 bridgehead atoms. The van der Waals surface area contributed by atoms with Gasteiger partial charge in [0, 0.05) is 24.5 Å². The van der Waals surface area contributed by atoms with E-state index in [0.717, 1.165) is 5.56 Å². The Morgan fingerprint density at radius 3 is 2.44 bits per heavy atom. The third-order valence-electron chi connectivity index (χ3n) is 3.45. The molecule has 0 radical (unpaired) electrons. The zero-order chi connectivity index (χ0) is 18.3. The van der Waals surface area contributed by atoms with E-state index in [2.05, 4.69) is 10.0 Å². The average molecular weight is 383 g/mol. The number of hydrogen-bond acceptors (Lipinski definition) is 4. The van der Waals surface area contributed by atoms with Crippen LogP contribution in [0.15, 0.2) is 53.4 Å². The summed E-state index contributed by atoms with van der Waals surface area (Å²) in [5, 5.41) is 3.28. The standard InChI is InChI=1S/C17H19ClN2O4S/c1-24-14-6-8-15(9-7-14)25(22,23)20-11-10-17(21)19-12-13-4-2-3-5-16(13)18/h2-9,20H,10-12H2,1H3,(H,19,21). The predicted molar refractivity (Wildman–Crippen MR) is 96.1 cm³/mol.